The molecule has 84 valence electrons. The lowest BCUT2D eigenvalue weighted by atomic mass is 10.0. The van der Waals surface area contributed by atoms with Gasteiger partial charge in [0.25, 0.3) is 0 Å². The SMILES string of the molecule is Clc1ccc2nc(CC3CCOC3)cn2c1. The van der Waals surface area contributed by atoms with Gasteiger partial charge in [-0.3, -0.25) is 0 Å². The summed E-state index contributed by atoms with van der Waals surface area (Å²) >= 11 is 5.93. The van der Waals surface area contributed by atoms with Crippen LogP contribution in [0.2, 0.25) is 5.02 Å². The van der Waals surface area contributed by atoms with Gasteiger partial charge >= 0.3 is 0 Å². The Balaban J connectivity index is 1.86. The maximum absolute atomic E-state index is 5.93. The van der Waals surface area contributed by atoms with Crippen LogP contribution >= 0.6 is 11.6 Å². The van der Waals surface area contributed by atoms with Crippen molar-refractivity contribution < 1.29 is 4.74 Å². The fourth-order valence-electron chi connectivity index (χ4n) is 2.16. The van der Waals surface area contributed by atoms with Gasteiger partial charge in [0.05, 0.1) is 10.7 Å². The van der Waals surface area contributed by atoms with E-state index in [1.165, 1.54) is 0 Å². The Labute approximate surface area is 99.0 Å². The summed E-state index contributed by atoms with van der Waals surface area (Å²) in [6, 6.07) is 3.81. The summed E-state index contributed by atoms with van der Waals surface area (Å²) < 4.78 is 7.35. The van der Waals surface area contributed by atoms with E-state index in [0.29, 0.717) is 5.92 Å². The fraction of sp³-hybridized carbons (Fsp3) is 0.417. The van der Waals surface area contributed by atoms with Crippen molar-refractivity contribution in [2.45, 2.75) is 12.8 Å². The van der Waals surface area contributed by atoms with Gasteiger partial charge in [-0.15, -0.1) is 0 Å². The summed E-state index contributed by atoms with van der Waals surface area (Å²) in [6.07, 6.45) is 6.09. The van der Waals surface area contributed by atoms with E-state index in [9.17, 15) is 0 Å². The zero-order chi connectivity index (χ0) is 11.0. The molecule has 0 bridgehead atoms. The van der Waals surface area contributed by atoms with Crippen LogP contribution in [0.15, 0.2) is 24.5 Å². The molecule has 1 fully saturated rings. The highest BCUT2D eigenvalue weighted by molar-refractivity contribution is 6.30. The number of ether oxygens (including phenoxy) is 1. The highest BCUT2D eigenvalue weighted by Crippen LogP contribution is 2.19. The Hall–Kier alpha value is -1.06. The van der Waals surface area contributed by atoms with Crippen LogP contribution in [0.1, 0.15) is 12.1 Å². The van der Waals surface area contributed by atoms with E-state index in [4.69, 9.17) is 16.3 Å². The molecular formula is C12H13ClN2O. The summed E-state index contributed by atoms with van der Waals surface area (Å²) in [5.74, 6) is 0.625. The first-order valence-corrected chi connectivity index (χ1v) is 5.90. The van der Waals surface area contributed by atoms with Gasteiger partial charge in [0.15, 0.2) is 0 Å². The first-order valence-electron chi connectivity index (χ1n) is 5.52. The molecule has 1 saturated heterocycles. The number of hydrogen-bond donors (Lipinski definition) is 0. The lowest BCUT2D eigenvalue weighted by Gasteiger charge is -2.02. The molecule has 3 nitrogen and oxygen atoms in total. The van der Waals surface area contributed by atoms with Crippen molar-refractivity contribution in [1.29, 1.82) is 0 Å². The first-order chi connectivity index (χ1) is 7.81. The Kier molecular flexibility index (Phi) is 2.58. The maximum atomic E-state index is 5.93. The van der Waals surface area contributed by atoms with E-state index >= 15 is 0 Å². The maximum Gasteiger partial charge on any atom is 0.137 e. The average molecular weight is 237 g/mol. The largest absolute Gasteiger partial charge is 0.381 e. The standard InChI is InChI=1S/C12H13ClN2O/c13-10-1-2-12-14-11(7-15(12)6-10)5-9-3-4-16-8-9/h1-2,6-7,9H,3-5,8H2. The van der Waals surface area contributed by atoms with Crippen molar-refractivity contribution in [2.24, 2.45) is 5.92 Å². The highest BCUT2D eigenvalue weighted by atomic mass is 35.5. The van der Waals surface area contributed by atoms with Gasteiger partial charge in [0.1, 0.15) is 5.65 Å². The van der Waals surface area contributed by atoms with Crippen molar-refractivity contribution >= 4 is 17.2 Å². The van der Waals surface area contributed by atoms with Crippen LogP contribution in [0.25, 0.3) is 5.65 Å². The molecule has 4 heteroatoms. The van der Waals surface area contributed by atoms with Crippen LogP contribution in [0.3, 0.4) is 0 Å². The molecule has 0 spiro atoms. The van der Waals surface area contributed by atoms with Gasteiger partial charge in [-0.1, -0.05) is 11.6 Å². The smallest absolute Gasteiger partial charge is 0.137 e. The first kappa shape index (κ1) is 10.1. The third-order valence-corrected chi connectivity index (χ3v) is 3.21. The molecule has 0 amide bonds. The second-order valence-electron chi connectivity index (χ2n) is 4.28. The number of nitrogens with zero attached hydrogens (tertiary/aromatic N) is 2. The van der Waals surface area contributed by atoms with Crippen LogP contribution in [0.5, 0.6) is 0 Å². The molecule has 3 heterocycles. The predicted molar refractivity (Wildman–Crippen MR) is 62.8 cm³/mol. The third-order valence-electron chi connectivity index (χ3n) is 2.99. The summed E-state index contributed by atoms with van der Waals surface area (Å²) in [7, 11) is 0. The highest BCUT2D eigenvalue weighted by Gasteiger charge is 2.17. The van der Waals surface area contributed by atoms with Gasteiger partial charge in [-0.25, -0.2) is 4.98 Å². The third kappa shape index (κ3) is 1.93. The minimum Gasteiger partial charge on any atom is -0.381 e. The predicted octanol–water partition coefficient (Wildman–Crippen LogP) is 2.57. The number of imidazole rings is 1. The van der Waals surface area contributed by atoms with E-state index in [-0.39, 0.29) is 0 Å². The fourth-order valence-corrected chi connectivity index (χ4v) is 2.32. The minimum atomic E-state index is 0.625. The Morgan fingerprint density at radius 1 is 1.44 bits per heavy atom. The second-order valence-corrected chi connectivity index (χ2v) is 4.72. The van der Waals surface area contributed by atoms with Gasteiger partial charge in [-0.05, 0) is 30.9 Å². The van der Waals surface area contributed by atoms with Gasteiger partial charge in [0.2, 0.25) is 0 Å². The molecule has 0 N–H and O–H groups in total. The molecule has 2 aromatic rings. The van der Waals surface area contributed by atoms with Crippen molar-refractivity contribution in [2.75, 3.05) is 13.2 Å². The molecule has 1 aliphatic heterocycles. The van der Waals surface area contributed by atoms with Crippen LogP contribution in [-0.4, -0.2) is 22.6 Å². The van der Waals surface area contributed by atoms with Crippen LogP contribution in [0, 0.1) is 5.92 Å². The second kappa shape index (κ2) is 4.07. The van der Waals surface area contributed by atoms with Crippen LogP contribution in [-0.2, 0) is 11.2 Å². The average Bonchev–Trinajstić information content (AvgIpc) is 2.86. The summed E-state index contributed by atoms with van der Waals surface area (Å²) in [4.78, 5) is 4.57. The van der Waals surface area contributed by atoms with Crippen LogP contribution in [0.4, 0.5) is 0 Å². The van der Waals surface area contributed by atoms with E-state index in [0.717, 1.165) is 42.4 Å². The molecule has 1 aliphatic rings. The quantitative estimate of drug-likeness (QED) is 0.801. The van der Waals surface area contributed by atoms with E-state index in [1.54, 1.807) is 0 Å². The monoisotopic (exact) mass is 236 g/mol. The van der Waals surface area contributed by atoms with Crippen molar-refractivity contribution in [3.05, 3.63) is 35.2 Å². The van der Waals surface area contributed by atoms with Gasteiger partial charge in [-0.2, -0.15) is 0 Å². The van der Waals surface area contributed by atoms with E-state index < -0.39 is 0 Å². The molecule has 1 atom stereocenters. The number of rotatable bonds is 2. The Bertz CT molecular complexity index is 503. The zero-order valence-corrected chi connectivity index (χ0v) is 9.65. The van der Waals surface area contributed by atoms with E-state index in [2.05, 4.69) is 11.2 Å². The summed E-state index contributed by atoms with van der Waals surface area (Å²) in [5, 5.41) is 0.737. The van der Waals surface area contributed by atoms with Gasteiger partial charge in [0, 0.05) is 25.6 Å². The lowest BCUT2D eigenvalue weighted by Crippen LogP contribution is -2.03. The molecule has 0 aliphatic carbocycles. The zero-order valence-electron chi connectivity index (χ0n) is 8.90. The number of aromatic nitrogens is 2. The Morgan fingerprint density at radius 3 is 3.19 bits per heavy atom. The van der Waals surface area contributed by atoms with E-state index in [1.807, 2.05) is 22.7 Å². The molecule has 1 unspecified atom stereocenters. The number of hydrogen-bond acceptors (Lipinski definition) is 2. The van der Waals surface area contributed by atoms with Gasteiger partial charge < -0.3 is 9.14 Å². The molecule has 2 aromatic heterocycles. The number of pyridine rings is 1. The summed E-state index contributed by atoms with van der Waals surface area (Å²) in [6.45, 7) is 1.76. The summed E-state index contributed by atoms with van der Waals surface area (Å²) in [5.41, 5.74) is 2.08. The minimum absolute atomic E-state index is 0.625. The lowest BCUT2D eigenvalue weighted by molar-refractivity contribution is 0.185. The van der Waals surface area contributed by atoms with Crippen molar-refractivity contribution in [1.82, 2.24) is 9.38 Å². The molecule has 16 heavy (non-hydrogen) atoms. The number of halogens is 1. The Morgan fingerprint density at radius 2 is 2.38 bits per heavy atom. The van der Waals surface area contributed by atoms with Crippen molar-refractivity contribution in [3.8, 4) is 0 Å². The normalized spacial score (nSPS) is 20.7. The number of fused-ring (bicyclic) bond motifs is 1. The molecule has 3 rings (SSSR count). The topological polar surface area (TPSA) is 26.5 Å². The van der Waals surface area contributed by atoms with Crippen LogP contribution < -0.4 is 0 Å². The molecule has 0 radical (unpaired) electrons. The molecule has 0 aromatic carbocycles. The molecular weight excluding hydrogens is 224 g/mol. The molecule has 0 saturated carbocycles. The van der Waals surface area contributed by atoms with Crippen molar-refractivity contribution in [3.63, 3.8) is 0 Å².